The van der Waals surface area contributed by atoms with Gasteiger partial charge in [0.1, 0.15) is 0 Å². The van der Waals surface area contributed by atoms with Crippen molar-refractivity contribution < 1.29 is 0 Å². The van der Waals surface area contributed by atoms with Gasteiger partial charge >= 0.3 is 0 Å². The van der Waals surface area contributed by atoms with E-state index >= 15 is 0 Å². The van der Waals surface area contributed by atoms with Gasteiger partial charge in [0.25, 0.3) is 0 Å². The zero-order chi connectivity index (χ0) is 13.1. The van der Waals surface area contributed by atoms with Crippen molar-refractivity contribution in [1.29, 1.82) is 0 Å². The topological polar surface area (TPSA) is 29.3 Å². The molecule has 0 saturated heterocycles. The molecule has 0 aliphatic heterocycles. The Labute approximate surface area is 106 Å². The summed E-state index contributed by atoms with van der Waals surface area (Å²) in [5, 5.41) is 0. The van der Waals surface area contributed by atoms with Gasteiger partial charge in [-0.2, -0.15) is 0 Å². The van der Waals surface area contributed by atoms with Gasteiger partial charge in [-0.1, -0.05) is 51.1 Å². The predicted molar refractivity (Wildman–Crippen MR) is 74.9 cm³/mol. The molecule has 96 valence electrons. The molecule has 0 aromatic heterocycles. The zero-order valence-corrected chi connectivity index (χ0v) is 11.8. The van der Waals surface area contributed by atoms with E-state index in [1.807, 2.05) is 6.07 Å². The molecule has 2 heteroatoms. The SMILES string of the molecule is CCC(N(C)C)C(N)(c1ccccc1)C(C)C. The quantitative estimate of drug-likeness (QED) is 0.849. The molecule has 2 atom stereocenters. The fourth-order valence-corrected chi connectivity index (χ4v) is 2.77. The highest BCUT2D eigenvalue weighted by molar-refractivity contribution is 5.27. The first-order valence-corrected chi connectivity index (χ1v) is 6.45. The monoisotopic (exact) mass is 234 g/mol. The Bertz CT molecular complexity index is 332. The van der Waals surface area contributed by atoms with E-state index in [9.17, 15) is 0 Å². The Morgan fingerprint density at radius 3 is 2.06 bits per heavy atom. The van der Waals surface area contributed by atoms with Crippen LogP contribution in [0.2, 0.25) is 0 Å². The number of benzene rings is 1. The number of nitrogens with zero attached hydrogens (tertiary/aromatic N) is 1. The molecule has 1 aromatic carbocycles. The molecule has 0 aliphatic carbocycles. The van der Waals surface area contributed by atoms with Gasteiger partial charge in [-0.05, 0) is 32.0 Å². The van der Waals surface area contributed by atoms with E-state index in [-0.39, 0.29) is 5.54 Å². The molecule has 2 N–H and O–H groups in total. The molecule has 2 nitrogen and oxygen atoms in total. The van der Waals surface area contributed by atoms with Crippen LogP contribution in [-0.4, -0.2) is 25.0 Å². The van der Waals surface area contributed by atoms with Crippen LogP contribution in [0.5, 0.6) is 0 Å². The second kappa shape index (κ2) is 5.65. The van der Waals surface area contributed by atoms with Crippen LogP contribution >= 0.6 is 0 Å². The molecule has 0 bridgehead atoms. The lowest BCUT2D eigenvalue weighted by Crippen LogP contribution is -2.57. The molecular weight excluding hydrogens is 208 g/mol. The molecule has 2 unspecified atom stereocenters. The van der Waals surface area contributed by atoms with Crippen LogP contribution in [0, 0.1) is 5.92 Å². The maximum Gasteiger partial charge on any atom is 0.0590 e. The van der Waals surface area contributed by atoms with Crippen LogP contribution < -0.4 is 5.73 Å². The second-order valence-electron chi connectivity index (χ2n) is 5.34. The summed E-state index contributed by atoms with van der Waals surface area (Å²) in [6.45, 7) is 6.62. The largest absolute Gasteiger partial charge is 0.320 e. The summed E-state index contributed by atoms with van der Waals surface area (Å²) in [5.41, 5.74) is 7.72. The molecule has 0 fully saturated rings. The summed E-state index contributed by atoms with van der Waals surface area (Å²) < 4.78 is 0. The van der Waals surface area contributed by atoms with Gasteiger partial charge in [0.05, 0.1) is 5.54 Å². The maximum atomic E-state index is 6.78. The van der Waals surface area contributed by atoms with Crippen molar-refractivity contribution in [3.8, 4) is 0 Å². The van der Waals surface area contributed by atoms with Crippen molar-refractivity contribution in [3.05, 3.63) is 35.9 Å². The fourth-order valence-electron chi connectivity index (χ4n) is 2.77. The van der Waals surface area contributed by atoms with Crippen molar-refractivity contribution in [2.75, 3.05) is 14.1 Å². The van der Waals surface area contributed by atoms with Gasteiger partial charge < -0.3 is 10.6 Å². The summed E-state index contributed by atoms with van der Waals surface area (Å²) in [4.78, 5) is 2.24. The van der Waals surface area contributed by atoms with E-state index in [0.29, 0.717) is 12.0 Å². The number of hydrogen-bond acceptors (Lipinski definition) is 2. The third-order valence-corrected chi connectivity index (χ3v) is 3.79. The fraction of sp³-hybridized carbons (Fsp3) is 0.600. The van der Waals surface area contributed by atoms with Crippen LogP contribution in [-0.2, 0) is 5.54 Å². The van der Waals surface area contributed by atoms with Gasteiger partial charge in [-0.15, -0.1) is 0 Å². The Morgan fingerprint density at radius 2 is 1.71 bits per heavy atom. The van der Waals surface area contributed by atoms with Crippen molar-refractivity contribution in [2.45, 2.75) is 38.8 Å². The summed E-state index contributed by atoms with van der Waals surface area (Å²) in [6.07, 6.45) is 1.05. The average molecular weight is 234 g/mol. The minimum Gasteiger partial charge on any atom is -0.320 e. The lowest BCUT2D eigenvalue weighted by Gasteiger charge is -2.44. The van der Waals surface area contributed by atoms with Crippen molar-refractivity contribution in [1.82, 2.24) is 4.90 Å². The highest BCUT2D eigenvalue weighted by Crippen LogP contribution is 2.33. The molecular formula is C15H26N2. The van der Waals surface area contributed by atoms with Crippen molar-refractivity contribution in [2.24, 2.45) is 11.7 Å². The van der Waals surface area contributed by atoms with E-state index in [1.165, 1.54) is 5.56 Å². The standard InChI is InChI=1S/C15H26N2/c1-6-14(17(4)5)15(16,12(2)3)13-10-8-7-9-11-13/h7-12,14H,6,16H2,1-5H3. The third kappa shape index (κ3) is 2.70. The first-order valence-electron chi connectivity index (χ1n) is 6.45. The molecule has 0 heterocycles. The Balaban J connectivity index is 3.22. The van der Waals surface area contributed by atoms with Crippen LogP contribution in [0.1, 0.15) is 32.8 Å². The molecule has 0 spiro atoms. The van der Waals surface area contributed by atoms with Crippen LogP contribution in [0.3, 0.4) is 0 Å². The molecule has 0 aliphatic rings. The highest BCUT2D eigenvalue weighted by Gasteiger charge is 2.39. The van der Waals surface area contributed by atoms with Crippen LogP contribution in [0.25, 0.3) is 0 Å². The Hall–Kier alpha value is -0.860. The van der Waals surface area contributed by atoms with E-state index < -0.39 is 0 Å². The van der Waals surface area contributed by atoms with Crippen molar-refractivity contribution >= 4 is 0 Å². The van der Waals surface area contributed by atoms with Gasteiger partial charge in [-0.3, -0.25) is 0 Å². The minimum absolute atomic E-state index is 0.292. The third-order valence-electron chi connectivity index (χ3n) is 3.79. The number of likely N-dealkylation sites (N-methyl/N-ethyl adjacent to an activating group) is 1. The molecule has 0 saturated carbocycles. The lowest BCUT2D eigenvalue weighted by molar-refractivity contribution is 0.127. The normalized spacial score (nSPS) is 17.2. The van der Waals surface area contributed by atoms with Gasteiger partial charge in [0.2, 0.25) is 0 Å². The minimum atomic E-state index is -0.292. The Kier molecular flexibility index (Phi) is 4.72. The summed E-state index contributed by atoms with van der Waals surface area (Å²) >= 11 is 0. The van der Waals surface area contributed by atoms with E-state index in [0.717, 1.165) is 6.42 Å². The summed E-state index contributed by atoms with van der Waals surface area (Å²) in [7, 11) is 4.22. The van der Waals surface area contributed by atoms with E-state index in [2.05, 4.69) is 64.0 Å². The van der Waals surface area contributed by atoms with Gasteiger partial charge in [0, 0.05) is 6.04 Å². The first kappa shape index (κ1) is 14.2. The predicted octanol–water partition coefficient (Wildman–Crippen LogP) is 2.84. The smallest absolute Gasteiger partial charge is 0.0590 e. The van der Waals surface area contributed by atoms with Gasteiger partial charge in [0.15, 0.2) is 0 Å². The number of nitrogens with two attached hydrogens (primary N) is 1. The summed E-state index contributed by atoms with van der Waals surface area (Å²) in [5.74, 6) is 0.400. The van der Waals surface area contributed by atoms with Crippen LogP contribution in [0.4, 0.5) is 0 Å². The molecule has 0 radical (unpaired) electrons. The molecule has 0 amide bonds. The number of rotatable bonds is 5. The molecule has 1 rings (SSSR count). The Morgan fingerprint density at radius 1 is 1.18 bits per heavy atom. The average Bonchev–Trinajstić information content (AvgIpc) is 2.30. The van der Waals surface area contributed by atoms with E-state index in [4.69, 9.17) is 5.73 Å². The lowest BCUT2D eigenvalue weighted by atomic mass is 9.73. The second-order valence-corrected chi connectivity index (χ2v) is 5.34. The first-order chi connectivity index (χ1) is 7.94. The number of hydrogen-bond donors (Lipinski definition) is 1. The van der Waals surface area contributed by atoms with E-state index in [1.54, 1.807) is 0 Å². The maximum absolute atomic E-state index is 6.78. The van der Waals surface area contributed by atoms with Crippen molar-refractivity contribution in [3.63, 3.8) is 0 Å². The summed E-state index contributed by atoms with van der Waals surface area (Å²) in [6, 6.07) is 10.8. The molecule has 17 heavy (non-hydrogen) atoms. The molecule has 1 aromatic rings. The van der Waals surface area contributed by atoms with Crippen LogP contribution in [0.15, 0.2) is 30.3 Å². The zero-order valence-electron chi connectivity index (χ0n) is 11.8. The highest BCUT2D eigenvalue weighted by atomic mass is 15.1. The van der Waals surface area contributed by atoms with Gasteiger partial charge in [-0.25, -0.2) is 0 Å².